The van der Waals surface area contributed by atoms with Crippen LogP contribution in [-0.4, -0.2) is 18.1 Å². The summed E-state index contributed by atoms with van der Waals surface area (Å²) >= 11 is 0. The number of halogens is 3. The Balaban J connectivity index is 3.09. The molecule has 0 aliphatic heterocycles. The van der Waals surface area contributed by atoms with Gasteiger partial charge < -0.3 is 10.3 Å². The average molecular weight is 304 g/mol. The highest BCUT2D eigenvalue weighted by Gasteiger charge is 2.32. The van der Waals surface area contributed by atoms with Gasteiger partial charge in [-0.15, -0.1) is 0 Å². The molecule has 0 saturated carbocycles. The van der Waals surface area contributed by atoms with Crippen molar-refractivity contribution >= 4 is 11.6 Å². The second kappa shape index (κ2) is 8.07. The van der Waals surface area contributed by atoms with Crippen LogP contribution in [0.4, 0.5) is 24.8 Å². The number of hydrazine groups is 1. The molecule has 1 aromatic rings. The molecule has 1 aromatic heterocycles. The Morgan fingerprint density at radius 3 is 2.14 bits per heavy atom. The van der Waals surface area contributed by atoms with E-state index < -0.39 is 11.7 Å². The van der Waals surface area contributed by atoms with Crippen molar-refractivity contribution in [2.45, 2.75) is 45.7 Å². The Kier molecular flexibility index (Phi) is 6.74. The SMILES string of the molecule is CCCCN(CCCC)c1cc(C(F)(F)F)cc(NN)n1. The molecule has 0 atom stereocenters. The van der Waals surface area contributed by atoms with E-state index in [1.54, 1.807) is 0 Å². The minimum absolute atomic E-state index is 0.0258. The van der Waals surface area contributed by atoms with E-state index in [1.807, 2.05) is 18.7 Å². The van der Waals surface area contributed by atoms with E-state index in [4.69, 9.17) is 5.84 Å². The van der Waals surface area contributed by atoms with E-state index in [9.17, 15) is 13.2 Å². The number of nitrogens with one attached hydrogen (secondary N) is 1. The van der Waals surface area contributed by atoms with Crippen molar-refractivity contribution in [3.8, 4) is 0 Å². The molecule has 0 aromatic carbocycles. The lowest BCUT2D eigenvalue weighted by atomic mass is 10.2. The van der Waals surface area contributed by atoms with Crippen molar-refractivity contribution in [1.29, 1.82) is 0 Å². The van der Waals surface area contributed by atoms with Crippen LogP contribution in [0.5, 0.6) is 0 Å². The molecule has 21 heavy (non-hydrogen) atoms. The second-order valence-electron chi connectivity index (χ2n) is 4.94. The van der Waals surface area contributed by atoms with Gasteiger partial charge in [-0.25, -0.2) is 10.8 Å². The molecule has 7 heteroatoms. The van der Waals surface area contributed by atoms with Gasteiger partial charge in [0.2, 0.25) is 0 Å². The number of nitrogens with zero attached hydrogens (tertiary/aromatic N) is 2. The van der Waals surface area contributed by atoms with Crippen LogP contribution in [0.3, 0.4) is 0 Å². The Labute approximate surface area is 123 Å². The summed E-state index contributed by atoms with van der Waals surface area (Å²) < 4.78 is 38.8. The first-order chi connectivity index (χ1) is 9.92. The number of unbranched alkanes of at least 4 members (excludes halogenated alkanes) is 2. The third kappa shape index (κ3) is 5.41. The summed E-state index contributed by atoms with van der Waals surface area (Å²) in [5.41, 5.74) is 1.47. The predicted octanol–water partition coefficient (Wildman–Crippen LogP) is 3.79. The highest BCUT2D eigenvalue weighted by molar-refractivity contribution is 5.50. The highest BCUT2D eigenvalue weighted by Crippen LogP contribution is 2.32. The third-order valence-electron chi connectivity index (χ3n) is 3.17. The summed E-state index contributed by atoms with van der Waals surface area (Å²) in [5.74, 6) is 5.58. The van der Waals surface area contributed by atoms with Crippen molar-refractivity contribution in [1.82, 2.24) is 4.98 Å². The molecule has 0 bridgehead atoms. The van der Waals surface area contributed by atoms with Gasteiger partial charge in [0.15, 0.2) is 0 Å². The maximum absolute atomic E-state index is 12.9. The molecule has 4 nitrogen and oxygen atoms in total. The molecule has 0 aliphatic rings. The summed E-state index contributed by atoms with van der Waals surface area (Å²) in [6.07, 6.45) is -0.641. The van der Waals surface area contributed by atoms with Crippen molar-refractivity contribution in [2.75, 3.05) is 23.4 Å². The minimum Gasteiger partial charge on any atom is -0.357 e. The zero-order valence-corrected chi connectivity index (χ0v) is 12.5. The molecule has 0 spiro atoms. The zero-order valence-electron chi connectivity index (χ0n) is 12.5. The first-order valence-electron chi connectivity index (χ1n) is 7.23. The van der Waals surface area contributed by atoms with Gasteiger partial charge in [-0.1, -0.05) is 26.7 Å². The highest BCUT2D eigenvalue weighted by atomic mass is 19.4. The smallest absolute Gasteiger partial charge is 0.357 e. The molecule has 3 N–H and O–H groups in total. The van der Waals surface area contributed by atoms with E-state index in [0.29, 0.717) is 18.9 Å². The molecule has 1 rings (SSSR count). The lowest BCUT2D eigenvalue weighted by molar-refractivity contribution is -0.137. The number of hydrogen-bond acceptors (Lipinski definition) is 4. The fraction of sp³-hybridized carbons (Fsp3) is 0.643. The molecule has 0 unspecified atom stereocenters. The van der Waals surface area contributed by atoms with Gasteiger partial charge in [0, 0.05) is 13.1 Å². The Morgan fingerprint density at radius 2 is 1.71 bits per heavy atom. The number of nitrogen functional groups attached to an aromatic ring is 1. The molecule has 120 valence electrons. The van der Waals surface area contributed by atoms with Gasteiger partial charge in [0.25, 0.3) is 0 Å². The number of pyridine rings is 1. The maximum Gasteiger partial charge on any atom is 0.416 e. The summed E-state index contributed by atoms with van der Waals surface area (Å²) in [5, 5.41) is 0. The first-order valence-corrected chi connectivity index (χ1v) is 7.23. The van der Waals surface area contributed by atoms with Gasteiger partial charge in [-0.3, -0.25) is 0 Å². The van der Waals surface area contributed by atoms with E-state index in [0.717, 1.165) is 37.8 Å². The van der Waals surface area contributed by atoms with Crippen LogP contribution in [0.25, 0.3) is 0 Å². The van der Waals surface area contributed by atoms with Gasteiger partial charge in [-0.2, -0.15) is 13.2 Å². The number of nitrogens with two attached hydrogens (primary N) is 1. The predicted molar refractivity (Wildman–Crippen MR) is 79.1 cm³/mol. The molecule has 0 aliphatic carbocycles. The van der Waals surface area contributed by atoms with Crippen LogP contribution < -0.4 is 16.2 Å². The van der Waals surface area contributed by atoms with Crippen LogP contribution in [-0.2, 0) is 6.18 Å². The number of anilines is 2. The maximum atomic E-state index is 12.9. The normalized spacial score (nSPS) is 11.5. The van der Waals surface area contributed by atoms with E-state index >= 15 is 0 Å². The third-order valence-corrected chi connectivity index (χ3v) is 3.17. The van der Waals surface area contributed by atoms with Gasteiger partial charge in [-0.05, 0) is 25.0 Å². The number of aromatic nitrogens is 1. The topological polar surface area (TPSA) is 54.2 Å². The van der Waals surface area contributed by atoms with Gasteiger partial charge in [0.1, 0.15) is 11.6 Å². The molecule has 0 radical (unpaired) electrons. The lowest BCUT2D eigenvalue weighted by Crippen LogP contribution is -2.27. The summed E-state index contributed by atoms with van der Waals surface area (Å²) in [4.78, 5) is 6.05. The van der Waals surface area contributed by atoms with Crippen molar-refractivity contribution < 1.29 is 13.2 Å². The Bertz CT molecular complexity index is 427. The quantitative estimate of drug-likeness (QED) is 0.567. The fourth-order valence-electron chi connectivity index (χ4n) is 1.95. The number of alkyl halides is 3. The first kappa shape index (κ1) is 17.6. The Hall–Kier alpha value is -1.50. The largest absolute Gasteiger partial charge is 0.416 e. The fourth-order valence-corrected chi connectivity index (χ4v) is 1.95. The minimum atomic E-state index is -4.41. The standard InChI is InChI=1S/C14H23F3N4/c1-3-5-7-21(8-6-4-2)13-10-11(14(15,16)17)9-12(19-13)20-18/h9-10H,3-8,18H2,1-2H3,(H,19,20). The average Bonchev–Trinajstić information content (AvgIpc) is 2.46. The summed E-state index contributed by atoms with van der Waals surface area (Å²) in [7, 11) is 0. The molecule has 0 fully saturated rings. The Morgan fingerprint density at radius 1 is 1.14 bits per heavy atom. The second-order valence-corrected chi connectivity index (χ2v) is 4.94. The number of rotatable bonds is 8. The zero-order chi connectivity index (χ0) is 15.9. The van der Waals surface area contributed by atoms with E-state index in [-0.39, 0.29) is 5.82 Å². The van der Waals surface area contributed by atoms with Crippen LogP contribution in [0.1, 0.15) is 45.1 Å². The van der Waals surface area contributed by atoms with Crippen LogP contribution >= 0.6 is 0 Å². The lowest BCUT2D eigenvalue weighted by Gasteiger charge is -2.25. The van der Waals surface area contributed by atoms with Crippen molar-refractivity contribution in [3.63, 3.8) is 0 Å². The molecular formula is C14H23F3N4. The molecule has 0 saturated heterocycles. The molecule has 0 amide bonds. The van der Waals surface area contributed by atoms with Crippen molar-refractivity contribution in [3.05, 3.63) is 17.7 Å². The van der Waals surface area contributed by atoms with Crippen LogP contribution in [0.2, 0.25) is 0 Å². The monoisotopic (exact) mass is 304 g/mol. The number of hydrogen-bond donors (Lipinski definition) is 2. The summed E-state index contributed by atoms with van der Waals surface area (Å²) in [6.45, 7) is 5.47. The molecule has 1 heterocycles. The van der Waals surface area contributed by atoms with Gasteiger partial charge in [0.05, 0.1) is 5.56 Å². The summed E-state index contributed by atoms with van der Waals surface area (Å²) in [6, 6.07) is 2.01. The molecular weight excluding hydrogens is 281 g/mol. The van der Waals surface area contributed by atoms with Crippen LogP contribution in [0.15, 0.2) is 12.1 Å². The van der Waals surface area contributed by atoms with Gasteiger partial charge >= 0.3 is 6.18 Å². The van der Waals surface area contributed by atoms with Crippen molar-refractivity contribution in [2.24, 2.45) is 5.84 Å². The van der Waals surface area contributed by atoms with Crippen LogP contribution in [0, 0.1) is 0 Å². The van der Waals surface area contributed by atoms with E-state index in [2.05, 4.69) is 10.4 Å². The van der Waals surface area contributed by atoms with E-state index in [1.165, 1.54) is 0 Å².